The predicted octanol–water partition coefficient (Wildman–Crippen LogP) is 1.62. The molecule has 3 N–H and O–H groups in total. The van der Waals surface area contributed by atoms with Crippen molar-refractivity contribution in [1.82, 2.24) is 9.88 Å². The number of pyridine rings is 1. The first-order valence-electron chi connectivity index (χ1n) is 7.47. The van der Waals surface area contributed by atoms with Gasteiger partial charge in [0.15, 0.2) is 0 Å². The molecule has 0 radical (unpaired) electrons. The lowest BCUT2D eigenvalue weighted by molar-refractivity contribution is -0.122. The number of benzene rings is 1. The third-order valence-corrected chi connectivity index (χ3v) is 4.07. The summed E-state index contributed by atoms with van der Waals surface area (Å²) in [6, 6.07) is 11.4. The Balaban J connectivity index is 1.73. The van der Waals surface area contributed by atoms with Crippen LogP contribution in [-0.4, -0.2) is 10.5 Å². The number of fused-ring (bicyclic) bond motifs is 1. The molecule has 0 aliphatic heterocycles. The molecule has 5 nitrogen and oxygen atoms in total. The van der Waals surface area contributed by atoms with Crippen LogP contribution in [0.25, 0.3) is 0 Å². The molecule has 1 amide bonds. The second kappa shape index (κ2) is 6.05. The number of rotatable bonds is 3. The average Bonchev–Trinajstić information content (AvgIpc) is 2.52. The molecule has 0 bridgehead atoms. The van der Waals surface area contributed by atoms with Crippen LogP contribution >= 0.6 is 0 Å². The summed E-state index contributed by atoms with van der Waals surface area (Å²) in [4.78, 5) is 24.1. The van der Waals surface area contributed by atoms with Gasteiger partial charge in [-0.3, -0.25) is 9.59 Å². The molecular formula is C17H19N3O2. The van der Waals surface area contributed by atoms with Crippen LogP contribution in [0.5, 0.6) is 0 Å². The molecule has 1 aromatic carbocycles. The summed E-state index contributed by atoms with van der Waals surface area (Å²) in [5.74, 6) is -0.172. The molecule has 1 heterocycles. The summed E-state index contributed by atoms with van der Waals surface area (Å²) in [5, 5.41) is 3.03. The first kappa shape index (κ1) is 14.4. The second-order valence-electron chi connectivity index (χ2n) is 5.61. The minimum atomic E-state index is -0.332. The second-order valence-corrected chi connectivity index (χ2v) is 5.61. The number of hydrogen-bond acceptors (Lipinski definition) is 3. The van der Waals surface area contributed by atoms with Gasteiger partial charge in [0.1, 0.15) is 6.54 Å². The van der Waals surface area contributed by atoms with E-state index < -0.39 is 0 Å². The zero-order valence-electron chi connectivity index (χ0n) is 12.3. The average molecular weight is 297 g/mol. The lowest BCUT2D eigenvalue weighted by Gasteiger charge is -2.26. The number of nitrogens with zero attached hydrogens (tertiary/aromatic N) is 1. The molecule has 114 valence electrons. The number of nitrogens with two attached hydrogens (primary N) is 1. The molecule has 22 heavy (non-hydrogen) atoms. The third kappa shape index (κ3) is 2.88. The van der Waals surface area contributed by atoms with Crippen LogP contribution < -0.4 is 16.6 Å². The van der Waals surface area contributed by atoms with Gasteiger partial charge in [0, 0.05) is 6.20 Å². The predicted molar refractivity (Wildman–Crippen MR) is 85.4 cm³/mol. The van der Waals surface area contributed by atoms with Crippen LogP contribution in [0.15, 0.2) is 47.4 Å². The molecule has 1 aliphatic carbocycles. The number of aromatic nitrogens is 1. The summed E-state index contributed by atoms with van der Waals surface area (Å²) < 4.78 is 1.33. The van der Waals surface area contributed by atoms with E-state index >= 15 is 0 Å². The molecule has 1 atom stereocenters. The van der Waals surface area contributed by atoms with E-state index in [-0.39, 0.29) is 29.7 Å². The Bertz CT molecular complexity index is 752. The molecule has 3 rings (SSSR count). The zero-order valence-corrected chi connectivity index (χ0v) is 12.3. The highest BCUT2D eigenvalue weighted by Crippen LogP contribution is 2.29. The number of carbonyl (C=O) groups excluding carboxylic acids is 1. The van der Waals surface area contributed by atoms with Gasteiger partial charge in [-0.25, -0.2) is 0 Å². The van der Waals surface area contributed by atoms with Gasteiger partial charge < -0.3 is 15.6 Å². The van der Waals surface area contributed by atoms with E-state index in [2.05, 4.69) is 17.4 Å². The van der Waals surface area contributed by atoms with Gasteiger partial charge in [-0.15, -0.1) is 0 Å². The first-order chi connectivity index (χ1) is 10.6. The Morgan fingerprint density at radius 2 is 2.09 bits per heavy atom. The highest BCUT2D eigenvalue weighted by Gasteiger charge is 2.21. The van der Waals surface area contributed by atoms with Crippen molar-refractivity contribution in [2.45, 2.75) is 31.8 Å². The number of hydrogen-bond donors (Lipinski definition) is 2. The summed E-state index contributed by atoms with van der Waals surface area (Å²) in [6.45, 7) is -0.0114. The Hall–Kier alpha value is -2.56. The fraction of sp³-hybridized carbons (Fsp3) is 0.294. The molecule has 0 unspecified atom stereocenters. The summed E-state index contributed by atoms with van der Waals surface area (Å²) in [6.07, 6.45) is 4.61. The third-order valence-electron chi connectivity index (χ3n) is 4.07. The molecule has 0 saturated heterocycles. The Morgan fingerprint density at radius 1 is 1.27 bits per heavy atom. The monoisotopic (exact) mass is 297 g/mol. The van der Waals surface area contributed by atoms with E-state index in [1.165, 1.54) is 21.8 Å². The number of aryl methyl sites for hydroxylation is 1. The molecule has 1 aromatic heterocycles. The number of nitrogen functional groups attached to an aromatic ring is 1. The van der Waals surface area contributed by atoms with E-state index in [0.717, 1.165) is 19.3 Å². The Kier molecular flexibility index (Phi) is 3.96. The summed E-state index contributed by atoms with van der Waals surface area (Å²) >= 11 is 0. The van der Waals surface area contributed by atoms with Gasteiger partial charge in [0.2, 0.25) is 5.91 Å². The molecule has 1 aliphatic rings. The normalized spacial score (nSPS) is 16.8. The van der Waals surface area contributed by atoms with Crippen LogP contribution in [0.4, 0.5) is 5.69 Å². The van der Waals surface area contributed by atoms with Crippen molar-refractivity contribution in [3.63, 3.8) is 0 Å². The van der Waals surface area contributed by atoms with Crippen molar-refractivity contribution >= 4 is 11.6 Å². The maximum absolute atomic E-state index is 12.2. The Morgan fingerprint density at radius 3 is 2.95 bits per heavy atom. The molecule has 0 fully saturated rings. The maximum atomic E-state index is 12.2. The van der Waals surface area contributed by atoms with Crippen molar-refractivity contribution in [3.8, 4) is 0 Å². The first-order valence-corrected chi connectivity index (χ1v) is 7.47. The number of carbonyl (C=O) groups is 1. The van der Waals surface area contributed by atoms with Crippen LogP contribution in [0, 0.1) is 0 Å². The summed E-state index contributed by atoms with van der Waals surface area (Å²) in [7, 11) is 0. The fourth-order valence-corrected chi connectivity index (χ4v) is 2.98. The fourth-order valence-electron chi connectivity index (χ4n) is 2.98. The number of anilines is 1. The highest BCUT2D eigenvalue weighted by atomic mass is 16.2. The lowest BCUT2D eigenvalue weighted by atomic mass is 9.88. The minimum Gasteiger partial charge on any atom is -0.394 e. The van der Waals surface area contributed by atoms with Crippen molar-refractivity contribution in [1.29, 1.82) is 0 Å². The quantitative estimate of drug-likeness (QED) is 0.904. The number of nitrogens with one attached hydrogen (secondary N) is 1. The minimum absolute atomic E-state index is 0.0114. The van der Waals surface area contributed by atoms with Crippen LogP contribution in [0.3, 0.4) is 0 Å². The number of amides is 1. The van der Waals surface area contributed by atoms with Gasteiger partial charge in [0.25, 0.3) is 5.56 Å². The van der Waals surface area contributed by atoms with Gasteiger partial charge in [-0.1, -0.05) is 24.3 Å². The van der Waals surface area contributed by atoms with Gasteiger partial charge in [0.05, 0.1) is 11.7 Å². The molecule has 0 saturated carbocycles. The van der Waals surface area contributed by atoms with Crippen LogP contribution in [0.1, 0.15) is 30.0 Å². The smallest absolute Gasteiger partial charge is 0.274 e. The molecule has 2 aromatic rings. The lowest BCUT2D eigenvalue weighted by Crippen LogP contribution is -2.36. The SMILES string of the molecule is Nc1cccn(CC(=O)N[C@@H]2CCCc3ccccc32)c1=O. The van der Waals surface area contributed by atoms with E-state index in [1.54, 1.807) is 12.3 Å². The van der Waals surface area contributed by atoms with E-state index in [9.17, 15) is 9.59 Å². The topological polar surface area (TPSA) is 77.1 Å². The van der Waals surface area contributed by atoms with Crippen molar-refractivity contribution in [2.24, 2.45) is 0 Å². The van der Waals surface area contributed by atoms with E-state index in [1.807, 2.05) is 12.1 Å². The van der Waals surface area contributed by atoms with Gasteiger partial charge >= 0.3 is 0 Å². The van der Waals surface area contributed by atoms with E-state index in [4.69, 9.17) is 5.73 Å². The molecule has 0 spiro atoms. The van der Waals surface area contributed by atoms with Crippen LogP contribution in [0.2, 0.25) is 0 Å². The maximum Gasteiger partial charge on any atom is 0.274 e. The highest BCUT2D eigenvalue weighted by molar-refractivity contribution is 5.76. The summed E-state index contributed by atoms with van der Waals surface area (Å²) in [5.41, 5.74) is 7.87. The van der Waals surface area contributed by atoms with Gasteiger partial charge in [-0.2, -0.15) is 0 Å². The zero-order chi connectivity index (χ0) is 15.5. The van der Waals surface area contributed by atoms with Gasteiger partial charge in [-0.05, 0) is 42.5 Å². The Labute approximate surface area is 128 Å². The molecule has 5 heteroatoms. The van der Waals surface area contributed by atoms with Crippen LogP contribution in [-0.2, 0) is 17.8 Å². The molecular weight excluding hydrogens is 278 g/mol. The van der Waals surface area contributed by atoms with Crippen molar-refractivity contribution in [2.75, 3.05) is 5.73 Å². The standard InChI is InChI=1S/C17H19N3O2/c18-14-8-4-10-20(17(14)22)11-16(21)19-15-9-3-6-12-5-1-2-7-13(12)15/h1-2,4-5,7-8,10,15H,3,6,9,11,18H2,(H,19,21)/t15-/m1/s1. The van der Waals surface area contributed by atoms with Crippen molar-refractivity contribution < 1.29 is 4.79 Å². The largest absolute Gasteiger partial charge is 0.394 e. The van der Waals surface area contributed by atoms with E-state index in [0.29, 0.717) is 0 Å². The van der Waals surface area contributed by atoms with Crippen molar-refractivity contribution in [3.05, 3.63) is 64.1 Å².